The normalized spacial score (nSPS) is 11.4. The van der Waals surface area contributed by atoms with E-state index in [9.17, 15) is 8.78 Å². The molecule has 138 valence electrons. The largest absolute Gasteiger partial charge is 0.494 e. The number of para-hydroxylation sites is 1. The average Bonchev–Trinajstić information content (AvgIpc) is 3.30. The molecule has 0 aliphatic rings. The average molecular weight is 395 g/mol. The van der Waals surface area contributed by atoms with Crippen molar-refractivity contribution in [2.24, 2.45) is 0 Å². The third-order valence-electron chi connectivity index (χ3n) is 4.28. The summed E-state index contributed by atoms with van der Waals surface area (Å²) in [7, 11) is 1.59. The molecule has 3 aromatic heterocycles. The summed E-state index contributed by atoms with van der Waals surface area (Å²) in [5.41, 5.74) is 1.33. The lowest BCUT2D eigenvalue weighted by atomic mass is 10.2. The number of hydrogen-bond acceptors (Lipinski definition) is 6. The molecule has 0 aliphatic heterocycles. The molecule has 0 amide bonds. The molecule has 0 spiro atoms. The van der Waals surface area contributed by atoms with Gasteiger partial charge in [-0.25, -0.2) is 13.8 Å². The van der Waals surface area contributed by atoms with Gasteiger partial charge in [0.15, 0.2) is 10.8 Å². The molecule has 2 aromatic carbocycles. The Labute approximate surface area is 161 Å². The van der Waals surface area contributed by atoms with Crippen LogP contribution < -0.4 is 4.74 Å². The van der Waals surface area contributed by atoms with Gasteiger partial charge in [0.25, 0.3) is 0 Å². The van der Waals surface area contributed by atoms with Gasteiger partial charge in [-0.1, -0.05) is 29.5 Å². The minimum atomic E-state index is -0.598. The topological polar surface area (TPSA) is 65.2 Å². The summed E-state index contributed by atoms with van der Waals surface area (Å²) in [4.78, 5) is 5.11. The van der Waals surface area contributed by atoms with Crippen LogP contribution in [0.4, 0.5) is 8.78 Å². The molecule has 0 N–H and O–H groups in total. The van der Waals surface area contributed by atoms with E-state index in [2.05, 4.69) is 20.3 Å². The van der Waals surface area contributed by atoms with E-state index in [1.807, 2.05) is 30.3 Å². The number of fused-ring (bicyclic) bond motifs is 2. The van der Waals surface area contributed by atoms with Crippen molar-refractivity contribution in [3.8, 4) is 27.8 Å². The third-order valence-corrected chi connectivity index (χ3v) is 5.20. The second-order valence-electron chi connectivity index (χ2n) is 5.98. The molecule has 0 atom stereocenters. The smallest absolute Gasteiger partial charge is 0.235 e. The van der Waals surface area contributed by atoms with E-state index in [0.717, 1.165) is 23.6 Å². The lowest BCUT2D eigenvalue weighted by molar-refractivity contribution is 0.419. The zero-order chi connectivity index (χ0) is 19.3. The molecule has 0 unspecified atom stereocenters. The Morgan fingerprint density at radius 3 is 2.79 bits per heavy atom. The molecule has 0 saturated heterocycles. The minimum absolute atomic E-state index is 0.00232. The number of benzene rings is 2. The van der Waals surface area contributed by atoms with Gasteiger partial charge < -0.3 is 4.74 Å². The van der Waals surface area contributed by atoms with Crippen LogP contribution in [0, 0.1) is 11.6 Å². The van der Waals surface area contributed by atoms with Crippen molar-refractivity contribution in [1.82, 2.24) is 24.8 Å². The monoisotopic (exact) mass is 395 g/mol. The molecule has 0 fully saturated rings. The second-order valence-corrected chi connectivity index (χ2v) is 6.93. The molecule has 9 heteroatoms. The second kappa shape index (κ2) is 6.31. The summed E-state index contributed by atoms with van der Waals surface area (Å²) in [5, 5.41) is 14.0. The third kappa shape index (κ3) is 2.59. The van der Waals surface area contributed by atoms with Crippen molar-refractivity contribution in [1.29, 1.82) is 0 Å². The van der Waals surface area contributed by atoms with E-state index in [1.54, 1.807) is 7.11 Å². The lowest BCUT2D eigenvalue weighted by Gasteiger charge is -2.05. The predicted octanol–water partition coefficient (Wildman–Crippen LogP) is 4.35. The predicted molar refractivity (Wildman–Crippen MR) is 101 cm³/mol. The number of rotatable bonds is 3. The number of methoxy groups -OCH3 is 1. The van der Waals surface area contributed by atoms with Gasteiger partial charge in [0, 0.05) is 5.39 Å². The summed E-state index contributed by atoms with van der Waals surface area (Å²) in [5.74, 6) is -0.372. The quantitative estimate of drug-likeness (QED) is 0.454. The van der Waals surface area contributed by atoms with Gasteiger partial charge in [-0.05, 0) is 30.3 Å². The molecule has 5 aromatic rings. The molecular formula is C19H11F2N5OS. The summed E-state index contributed by atoms with van der Waals surface area (Å²) in [6.07, 6.45) is 0. The van der Waals surface area contributed by atoms with Gasteiger partial charge in [-0.15, -0.1) is 10.2 Å². The van der Waals surface area contributed by atoms with Gasteiger partial charge in [-0.2, -0.15) is 9.61 Å². The fraction of sp³-hybridized carbons (Fsp3) is 0.0526. The van der Waals surface area contributed by atoms with Crippen LogP contribution in [0.5, 0.6) is 5.75 Å². The molecule has 3 heterocycles. The summed E-state index contributed by atoms with van der Waals surface area (Å²) >= 11 is 1.26. The van der Waals surface area contributed by atoms with Crippen molar-refractivity contribution in [3.05, 3.63) is 60.2 Å². The van der Waals surface area contributed by atoms with E-state index in [-0.39, 0.29) is 11.4 Å². The lowest BCUT2D eigenvalue weighted by Crippen LogP contribution is -1.95. The fourth-order valence-corrected chi connectivity index (χ4v) is 3.77. The van der Waals surface area contributed by atoms with Crippen LogP contribution >= 0.6 is 11.3 Å². The number of aromatic nitrogens is 5. The molecule has 0 bridgehead atoms. The van der Waals surface area contributed by atoms with Gasteiger partial charge in [0.2, 0.25) is 4.96 Å². The Kier molecular flexibility index (Phi) is 3.76. The Balaban J connectivity index is 1.66. The standard InChI is InChI=1S/C19H11F2N5OS/c1-27-15-4-2-3-10-5-8-14(22-16(10)15)18-25-26-17(23-24-19(26)28-18)12-9-11(20)6-7-13(12)21/h2-9H,1H3. The maximum Gasteiger partial charge on any atom is 0.235 e. The number of ether oxygens (including phenoxy) is 1. The number of hydrogen-bond donors (Lipinski definition) is 0. The zero-order valence-electron chi connectivity index (χ0n) is 14.4. The highest BCUT2D eigenvalue weighted by Crippen LogP contribution is 2.31. The first-order chi connectivity index (χ1) is 13.6. The van der Waals surface area contributed by atoms with E-state index >= 15 is 0 Å². The summed E-state index contributed by atoms with van der Waals surface area (Å²) in [6, 6.07) is 12.6. The van der Waals surface area contributed by atoms with E-state index in [4.69, 9.17) is 4.74 Å². The van der Waals surface area contributed by atoms with Crippen LogP contribution in [0.15, 0.2) is 48.5 Å². The van der Waals surface area contributed by atoms with Gasteiger partial charge in [-0.3, -0.25) is 0 Å². The Bertz CT molecular complexity index is 1350. The van der Waals surface area contributed by atoms with Gasteiger partial charge >= 0.3 is 0 Å². The fourth-order valence-electron chi connectivity index (χ4n) is 2.96. The zero-order valence-corrected chi connectivity index (χ0v) is 15.2. The number of nitrogens with zero attached hydrogens (tertiary/aromatic N) is 5. The number of halogens is 2. The highest BCUT2D eigenvalue weighted by atomic mass is 32.1. The molecule has 0 saturated carbocycles. The first-order valence-corrected chi connectivity index (χ1v) is 9.07. The van der Waals surface area contributed by atoms with Crippen LogP contribution in [0.25, 0.3) is 38.0 Å². The molecule has 0 radical (unpaired) electrons. The van der Waals surface area contributed by atoms with Crippen LogP contribution in [0.1, 0.15) is 0 Å². The van der Waals surface area contributed by atoms with E-state index in [0.29, 0.717) is 26.9 Å². The summed E-state index contributed by atoms with van der Waals surface area (Å²) in [6.45, 7) is 0. The van der Waals surface area contributed by atoms with Crippen molar-refractivity contribution < 1.29 is 13.5 Å². The highest BCUT2D eigenvalue weighted by molar-refractivity contribution is 7.19. The molecular weight excluding hydrogens is 384 g/mol. The molecule has 28 heavy (non-hydrogen) atoms. The van der Waals surface area contributed by atoms with Gasteiger partial charge in [0.1, 0.15) is 28.6 Å². The van der Waals surface area contributed by atoms with Crippen LogP contribution in [0.2, 0.25) is 0 Å². The van der Waals surface area contributed by atoms with Crippen LogP contribution in [-0.2, 0) is 0 Å². The van der Waals surface area contributed by atoms with Crippen molar-refractivity contribution in [2.45, 2.75) is 0 Å². The van der Waals surface area contributed by atoms with Crippen molar-refractivity contribution in [2.75, 3.05) is 7.11 Å². The first-order valence-electron chi connectivity index (χ1n) is 8.26. The van der Waals surface area contributed by atoms with Crippen LogP contribution in [0.3, 0.4) is 0 Å². The highest BCUT2D eigenvalue weighted by Gasteiger charge is 2.18. The molecule has 5 rings (SSSR count). The Hall–Kier alpha value is -3.46. The van der Waals surface area contributed by atoms with E-state index in [1.165, 1.54) is 15.9 Å². The molecule has 6 nitrogen and oxygen atoms in total. The van der Waals surface area contributed by atoms with Crippen LogP contribution in [-0.4, -0.2) is 31.9 Å². The van der Waals surface area contributed by atoms with E-state index < -0.39 is 11.6 Å². The first kappa shape index (κ1) is 16.7. The Morgan fingerprint density at radius 1 is 1.04 bits per heavy atom. The minimum Gasteiger partial charge on any atom is -0.494 e. The Morgan fingerprint density at radius 2 is 1.93 bits per heavy atom. The van der Waals surface area contributed by atoms with Crippen molar-refractivity contribution in [3.63, 3.8) is 0 Å². The maximum atomic E-state index is 14.2. The maximum absolute atomic E-state index is 14.2. The molecule has 0 aliphatic carbocycles. The van der Waals surface area contributed by atoms with Crippen molar-refractivity contribution >= 4 is 27.2 Å². The van der Waals surface area contributed by atoms with Gasteiger partial charge in [0.05, 0.1) is 12.7 Å². The summed E-state index contributed by atoms with van der Waals surface area (Å²) < 4.78 is 34.5. The SMILES string of the molecule is COc1cccc2ccc(-c3nn4c(-c5cc(F)ccc5F)nnc4s3)nc12. The number of pyridine rings is 1.